The maximum atomic E-state index is 10.0. The molecule has 2 saturated heterocycles. The van der Waals surface area contributed by atoms with E-state index in [4.69, 9.17) is 15.8 Å². The van der Waals surface area contributed by atoms with Crippen LogP contribution in [0.5, 0.6) is 0 Å². The van der Waals surface area contributed by atoms with Crippen molar-refractivity contribution < 1.29 is 9.90 Å². The van der Waals surface area contributed by atoms with E-state index in [0.29, 0.717) is 0 Å². The summed E-state index contributed by atoms with van der Waals surface area (Å²) in [7, 11) is 0. The first kappa shape index (κ1) is 20.1. The Morgan fingerprint density at radius 2 is 2.07 bits per heavy atom. The molecule has 0 saturated carbocycles. The van der Waals surface area contributed by atoms with E-state index in [9.17, 15) is 4.79 Å². The van der Waals surface area contributed by atoms with Crippen molar-refractivity contribution in [1.82, 2.24) is 25.2 Å². The highest BCUT2D eigenvalue weighted by Gasteiger charge is 2.22. The minimum atomic E-state index is -0.927. The predicted molar refractivity (Wildman–Crippen MR) is 116 cm³/mol. The number of nitrogens with two attached hydrogens (primary N) is 1. The number of fused-ring (bicyclic) bond motifs is 1. The molecule has 1 aromatic carbocycles. The molecule has 2 aliphatic rings. The highest BCUT2D eigenvalue weighted by molar-refractivity contribution is 5.67. The van der Waals surface area contributed by atoms with E-state index < -0.39 is 6.09 Å². The van der Waals surface area contributed by atoms with Gasteiger partial charge in [0.05, 0.1) is 11.9 Å². The molecular formula is C21H27N7O2. The van der Waals surface area contributed by atoms with Gasteiger partial charge < -0.3 is 26.4 Å². The number of nitrogens with one attached hydrogen (secondary N) is 2. The molecule has 2 fully saturated rings. The summed E-state index contributed by atoms with van der Waals surface area (Å²) in [6, 6.07) is 14.6. The third-order valence-electron chi connectivity index (χ3n) is 5.35. The third kappa shape index (κ3) is 4.69. The van der Waals surface area contributed by atoms with Crippen molar-refractivity contribution >= 4 is 17.6 Å². The van der Waals surface area contributed by atoms with Gasteiger partial charge in [0.15, 0.2) is 5.65 Å². The molecule has 3 aromatic rings. The van der Waals surface area contributed by atoms with E-state index in [1.807, 2.05) is 28.8 Å². The molecule has 5 N–H and O–H groups in total. The van der Waals surface area contributed by atoms with Gasteiger partial charge >= 0.3 is 6.09 Å². The molecule has 4 heterocycles. The van der Waals surface area contributed by atoms with Gasteiger partial charge in [-0.05, 0) is 19.4 Å². The van der Waals surface area contributed by atoms with Gasteiger partial charge in [-0.3, -0.25) is 0 Å². The minimum Gasteiger partial charge on any atom is -0.465 e. The number of aromatic nitrogens is 3. The van der Waals surface area contributed by atoms with Gasteiger partial charge in [0.25, 0.3) is 0 Å². The van der Waals surface area contributed by atoms with Crippen LogP contribution in [0.4, 0.5) is 10.6 Å². The normalized spacial score (nSPS) is 20.8. The monoisotopic (exact) mass is 409 g/mol. The molecule has 2 unspecified atom stereocenters. The molecule has 0 aliphatic carbocycles. The lowest BCUT2D eigenvalue weighted by Crippen LogP contribution is -2.34. The summed E-state index contributed by atoms with van der Waals surface area (Å²) in [6.45, 7) is 3.53. The number of hydrogen-bond donors (Lipinski definition) is 4. The molecule has 30 heavy (non-hydrogen) atoms. The largest absolute Gasteiger partial charge is 0.465 e. The van der Waals surface area contributed by atoms with Crippen LogP contribution in [0.2, 0.25) is 0 Å². The number of benzene rings is 1. The Labute approximate surface area is 174 Å². The highest BCUT2D eigenvalue weighted by Crippen LogP contribution is 2.26. The van der Waals surface area contributed by atoms with Crippen LogP contribution in [-0.4, -0.2) is 64.1 Å². The van der Waals surface area contributed by atoms with Crippen LogP contribution in [0.25, 0.3) is 16.9 Å². The maximum Gasteiger partial charge on any atom is 0.404 e. The quantitative estimate of drug-likeness (QED) is 0.518. The number of amides is 1. The summed E-state index contributed by atoms with van der Waals surface area (Å²) in [6.07, 6.45) is 2.79. The second kappa shape index (κ2) is 9.10. The molecule has 2 aromatic heterocycles. The molecular weight excluding hydrogens is 382 g/mol. The lowest BCUT2D eigenvalue weighted by molar-refractivity contribution is 0.190. The first-order valence-electron chi connectivity index (χ1n) is 10.2. The van der Waals surface area contributed by atoms with Crippen molar-refractivity contribution in [2.24, 2.45) is 5.73 Å². The molecule has 9 heteroatoms. The fourth-order valence-corrected chi connectivity index (χ4v) is 3.83. The standard InChI is InChI=1S/C16H17N5.C5H10N2O2/c17-13-7-9-20(11-13)16-10-14(12-4-2-1-3-5-12)19-15-6-8-18-21(15)16;8-5(9)7-4-1-2-6-3-4/h1-6,8,10,13H,7,9,11,17H2;4,6-7H,1-3H2,(H,8,9). The summed E-state index contributed by atoms with van der Waals surface area (Å²) >= 11 is 0. The van der Waals surface area contributed by atoms with Gasteiger partial charge in [-0.1, -0.05) is 30.3 Å². The van der Waals surface area contributed by atoms with E-state index in [2.05, 4.69) is 38.8 Å². The summed E-state index contributed by atoms with van der Waals surface area (Å²) in [5.74, 6) is 1.07. The molecule has 5 rings (SSSR count). The van der Waals surface area contributed by atoms with Crippen molar-refractivity contribution in [3.63, 3.8) is 0 Å². The van der Waals surface area contributed by atoms with Crippen LogP contribution in [0.3, 0.4) is 0 Å². The van der Waals surface area contributed by atoms with Gasteiger partial charge in [-0.2, -0.15) is 9.61 Å². The van der Waals surface area contributed by atoms with Crippen LogP contribution < -0.4 is 21.3 Å². The fraction of sp³-hybridized carbons (Fsp3) is 0.381. The minimum absolute atomic E-state index is 0.127. The number of carbonyl (C=O) groups is 1. The Morgan fingerprint density at radius 1 is 1.23 bits per heavy atom. The van der Waals surface area contributed by atoms with Crippen LogP contribution in [0.1, 0.15) is 12.8 Å². The Bertz CT molecular complexity index is 985. The zero-order chi connectivity index (χ0) is 20.9. The average molecular weight is 409 g/mol. The summed E-state index contributed by atoms with van der Waals surface area (Å²) in [4.78, 5) is 17.0. The molecule has 158 valence electrons. The van der Waals surface area contributed by atoms with Crippen molar-refractivity contribution in [2.45, 2.75) is 24.9 Å². The molecule has 2 aliphatic heterocycles. The van der Waals surface area contributed by atoms with Gasteiger partial charge in [0.1, 0.15) is 5.82 Å². The number of nitrogens with zero attached hydrogens (tertiary/aromatic N) is 4. The predicted octanol–water partition coefficient (Wildman–Crippen LogP) is 1.55. The number of carboxylic acid groups (broad SMARTS) is 1. The van der Waals surface area contributed by atoms with Gasteiger partial charge in [-0.15, -0.1) is 0 Å². The van der Waals surface area contributed by atoms with E-state index in [0.717, 1.165) is 61.7 Å². The molecule has 0 bridgehead atoms. The summed E-state index contributed by atoms with van der Waals surface area (Å²) in [5.41, 5.74) is 9.00. The van der Waals surface area contributed by atoms with Crippen LogP contribution >= 0.6 is 0 Å². The molecule has 0 spiro atoms. The maximum absolute atomic E-state index is 10.0. The Kier molecular flexibility index (Phi) is 6.10. The first-order valence-corrected chi connectivity index (χ1v) is 10.2. The highest BCUT2D eigenvalue weighted by atomic mass is 16.4. The van der Waals surface area contributed by atoms with Crippen molar-refractivity contribution in [3.05, 3.63) is 48.7 Å². The van der Waals surface area contributed by atoms with Crippen LogP contribution in [0, 0.1) is 0 Å². The van der Waals surface area contributed by atoms with Gasteiger partial charge in [-0.25, -0.2) is 9.78 Å². The number of rotatable bonds is 3. The zero-order valence-corrected chi connectivity index (χ0v) is 16.7. The Hall–Kier alpha value is -3.17. The van der Waals surface area contributed by atoms with E-state index >= 15 is 0 Å². The first-order chi connectivity index (χ1) is 14.6. The third-order valence-corrected chi connectivity index (χ3v) is 5.35. The molecule has 0 radical (unpaired) electrons. The summed E-state index contributed by atoms with van der Waals surface area (Å²) < 4.78 is 1.89. The second-order valence-corrected chi connectivity index (χ2v) is 7.60. The van der Waals surface area contributed by atoms with Crippen molar-refractivity contribution in [1.29, 1.82) is 0 Å². The topological polar surface area (TPSA) is 121 Å². The molecule has 2 atom stereocenters. The lowest BCUT2D eigenvalue weighted by atomic mass is 10.1. The smallest absolute Gasteiger partial charge is 0.404 e. The number of anilines is 1. The van der Waals surface area contributed by atoms with Crippen LogP contribution in [0.15, 0.2) is 48.7 Å². The van der Waals surface area contributed by atoms with E-state index in [1.165, 1.54) is 0 Å². The van der Waals surface area contributed by atoms with Gasteiger partial charge in [0, 0.05) is 49.4 Å². The van der Waals surface area contributed by atoms with E-state index in [1.54, 1.807) is 6.20 Å². The number of hydrogen-bond acceptors (Lipinski definition) is 6. The fourth-order valence-electron chi connectivity index (χ4n) is 3.83. The second-order valence-electron chi connectivity index (χ2n) is 7.60. The van der Waals surface area contributed by atoms with Crippen molar-refractivity contribution in [2.75, 3.05) is 31.1 Å². The average Bonchev–Trinajstić information content (AvgIpc) is 3.50. The van der Waals surface area contributed by atoms with E-state index in [-0.39, 0.29) is 12.1 Å². The van der Waals surface area contributed by atoms with Crippen LogP contribution in [-0.2, 0) is 0 Å². The molecule has 9 nitrogen and oxygen atoms in total. The molecule has 1 amide bonds. The Balaban J connectivity index is 0.000000204. The van der Waals surface area contributed by atoms with Crippen molar-refractivity contribution in [3.8, 4) is 11.3 Å². The summed E-state index contributed by atoms with van der Waals surface area (Å²) in [5, 5.41) is 18.1. The lowest BCUT2D eigenvalue weighted by Gasteiger charge is -2.19. The SMILES string of the molecule is NC1CCN(c2cc(-c3ccccc3)nc3ccnn23)C1.O=C(O)NC1CCNC1. The zero-order valence-electron chi connectivity index (χ0n) is 16.7. The Morgan fingerprint density at radius 3 is 2.73 bits per heavy atom. The van der Waals surface area contributed by atoms with Gasteiger partial charge in [0.2, 0.25) is 0 Å².